The lowest BCUT2D eigenvalue weighted by Crippen LogP contribution is -2.27. The van der Waals surface area contributed by atoms with E-state index in [-0.39, 0.29) is 22.9 Å². The average molecular weight is 435 g/mol. The average Bonchev–Trinajstić information content (AvgIpc) is 3.21. The molecule has 0 aliphatic rings. The minimum Gasteiger partial charge on any atom is -0.346 e. The van der Waals surface area contributed by atoms with Gasteiger partial charge >= 0.3 is 0 Å². The second-order valence-electron chi connectivity index (χ2n) is 7.16. The van der Waals surface area contributed by atoms with Crippen LogP contribution in [0.1, 0.15) is 34.6 Å². The predicted octanol–water partition coefficient (Wildman–Crippen LogP) is 3.30. The molecule has 0 bridgehead atoms. The van der Waals surface area contributed by atoms with Crippen molar-refractivity contribution in [1.82, 2.24) is 19.4 Å². The third kappa shape index (κ3) is 4.82. The largest absolute Gasteiger partial charge is 0.346 e. The lowest BCUT2D eigenvalue weighted by Gasteiger charge is -2.15. The highest BCUT2D eigenvalue weighted by molar-refractivity contribution is 7.89. The van der Waals surface area contributed by atoms with Crippen LogP contribution in [-0.4, -0.2) is 23.7 Å². The van der Waals surface area contributed by atoms with Crippen molar-refractivity contribution in [2.45, 2.75) is 24.4 Å². The number of rotatable bonds is 7. The maximum absolute atomic E-state index is 12.8. The molecule has 31 heavy (non-hydrogen) atoms. The van der Waals surface area contributed by atoms with E-state index in [1.54, 1.807) is 19.1 Å². The van der Waals surface area contributed by atoms with Gasteiger partial charge in [0.25, 0.3) is 5.91 Å². The molecular formula is C23H22N4O3S. The second-order valence-corrected chi connectivity index (χ2v) is 8.88. The summed E-state index contributed by atoms with van der Waals surface area (Å²) < 4.78 is 30.2. The van der Waals surface area contributed by atoms with Gasteiger partial charge in [0.1, 0.15) is 5.65 Å². The molecule has 0 spiro atoms. The number of carbonyl (C=O) groups excluding carboxylic acids is 1. The van der Waals surface area contributed by atoms with Crippen LogP contribution in [-0.2, 0) is 16.6 Å². The van der Waals surface area contributed by atoms with Gasteiger partial charge in [0.05, 0.1) is 17.1 Å². The molecule has 158 valence electrons. The first-order valence-electron chi connectivity index (χ1n) is 9.80. The van der Waals surface area contributed by atoms with Crippen LogP contribution in [0.15, 0.2) is 90.1 Å². The summed E-state index contributed by atoms with van der Waals surface area (Å²) in [6.45, 7) is 2.01. The number of hydrogen-bond donors (Lipinski definition) is 2. The molecule has 0 radical (unpaired) electrons. The van der Waals surface area contributed by atoms with Crippen molar-refractivity contribution >= 4 is 21.6 Å². The Morgan fingerprint density at radius 1 is 1.03 bits per heavy atom. The number of amides is 1. The Morgan fingerprint density at radius 2 is 1.81 bits per heavy atom. The lowest BCUT2D eigenvalue weighted by atomic mass is 10.1. The van der Waals surface area contributed by atoms with Gasteiger partial charge in [-0.2, -0.15) is 0 Å². The van der Waals surface area contributed by atoms with Gasteiger partial charge in [0.2, 0.25) is 10.0 Å². The number of imidazole rings is 1. The van der Waals surface area contributed by atoms with E-state index in [1.807, 2.05) is 65.3 Å². The SMILES string of the molecule is C[C@H](NS(=O)(=O)c1cccc(C(=O)NCc2cn3ccccc3n2)c1)c1ccccc1. The molecule has 2 heterocycles. The maximum Gasteiger partial charge on any atom is 0.251 e. The van der Waals surface area contributed by atoms with E-state index in [0.29, 0.717) is 5.69 Å². The van der Waals surface area contributed by atoms with Crippen LogP contribution in [0, 0.1) is 0 Å². The molecule has 2 aromatic heterocycles. The van der Waals surface area contributed by atoms with Gasteiger partial charge in [-0.3, -0.25) is 4.79 Å². The first-order valence-corrected chi connectivity index (χ1v) is 11.3. The highest BCUT2D eigenvalue weighted by atomic mass is 32.2. The quantitative estimate of drug-likeness (QED) is 0.467. The van der Waals surface area contributed by atoms with E-state index in [9.17, 15) is 13.2 Å². The van der Waals surface area contributed by atoms with Crippen molar-refractivity contribution in [3.8, 4) is 0 Å². The fraction of sp³-hybridized carbons (Fsp3) is 0.130. The number of pyridine rings is 1. The van der Waals surface area contributed by atoms with E-state index < -0.39 is 16.1 Å². The highest BCUT2D eigenvalue weighted by Gasteiger charge is 2.20. The summed E-state index contributed by atoms with van der Waals surface area (Å²) in [7, 11) is -3.79. The number of nitrogens with one attached hydrogen (secondary N) is 2. The minimum absolute atomic E-state index is 0.0376. The number of fused-ring (bicyclic) bond motifs is 1. The summed E-state index contributed by atoms with van der Waals surface area (Å²) in [5, 5.41) is 2.79. The van der Waals surface area contributed by atoms with Gasteiger partial charge in [-0.15, -0.1) is 0 Å². The number of nitrogens with zero attached hydrogens (tertiary/aromatic N) is 2. The molecule has 0 saturated heterocycles. The summed E-state index contributed by atoms with van der Waals surface area (Å²) in [6, 6.07) is 20.5. The first kappa shape index (κ1) is 20.8. The van der Waals surface area contributed by atoms with Crippen molar-refractivity contribution < 1.29 is 13.2 Å². The number of benzene rings is 2. The topological polar surface area (TPSA) is 92.6 Å². The molecule has 1 amide bonds. The summed E-state index contributed by atoms with van der Waals surface area (Å²) in [5.41, 5.74) is 2.62. The zero-order valence-corrected chi connectivity index (χ0v) is 17.7. The molecule has 8 heteroatoms. The Morgan fingerprint density at radius 3 is 2.58 bits per heavy atom. The first-order chi connectivity index (χ1) is 14.9. The van der Waals surface area contributed by atoms with Crippen LogP contribution in [0.25, 0.3) is 5.65 Å². The summed E-state index contributed by atoms with van der Waals surface area (Å²) in [6.07, 6.45) is 3.72. The zero-order chi connectivity index (χ0) is 21.8. The molecule has 0 aliphatic heterocycles. The van der Waals surface area contributed by atoms with Crippen LogP contribution in [0.3, 0.4) is 0 Å². The molecule has 0 saturated carbocycles. The highest BCUT2D eigenvalue weighted by Crippen LogP contribution is 2.18. The lowest BCUT2D eigenvalue weighted by molar-refractivity contribution is 0.0950. The smallest absolute Gasteiger partial charge is 0.251 e. The maximum atomic E-state index is 12.8. The molecule has 0 aliphatic carbocycles. The van der Waals surface area contributed by atoms with Crippen LogP contribution in [0.4, 0.5) is 0 Å². The molecule has 4 aromatic rings. The van der Waals surface area contributed by atoms with E-state index in [4.69, 9.17) is 0 Å². The molecule has 2 N–H and O–H groups in total. The summed E-state index contributed by atoms with van der Waals surface area (Å²) >= 11 is 0. The monoisotopic (exact) mass is 434 g/mol. The van der Waals surface area contributed by atoms with Gasteiger partial charge in [0, 0.05) is 24.0 Å². The molecule has 0 unspecified atom stereocenters. The standard InChI is InChI=1S/C23H22N4O3S/c1-17(18-8-3-2-4-9-18)26-31(29,30)21-11-7-10-19(14-21)23(28)24-15-20-16-27-13-6-5-12-22(27)25-20/h2-14,16-17,26H,15H2,1H3,(H,24,28)/t17-/m0/s1. The fourth-order valence-electron chi connectivity index (χ4n) is 3.26. The van der Waals surface area contributed by atoms with Crippen LogP contribution in [0.2, 0.25) is 0 Å². The van der Waals surface area contributed by atoms with Gasteiger partial charge < -0.3 is 9.72 Å². The molecule has 4 rings (SSSR count). The van der Waals surface area contributed by atoms with Crippen LogP contribution >= 0.6 is 0 Å². The molecule has 2 aromatic carbocycles. The van der Waals surface area contributed by atoms with Crippen molar-refractivity contribution in [3.63, 3.8) is 0 Å². The van der Waals surface area contributed by atoms with Crippen molar-refractivity contribution in [3.05, 3.63) is 102 Å². The van der Waals surface area contributed by atoms with Gasteiger partial charge in [-0.25, -0.2) is 18.1 Å². The number of sulfonamides is 1. The van der Waals surface area contributed by atoms with Gasteiger partial charge in [-0.1, -0.05) is 42.5 Å². The number of aromatic nitrogens is 2. The molecular weight excluding hydrogens is 412 g/mol. The van der Waals surface area contributed by atoms with Crippen LogP contribution in [0.5, 0.6) is 0 Å². The van der Waals surface area contributed by atoms with E-state index >= 15 is 0 Å². The molecule has 0 fully saturated rings. The normalized spacial score (nSPS) is 12.5. The molecule has 1 atom stereocenters. The zero-order valence-electron chi connectivity index (χ0n) is 16.9. The van der Waals surface area contributed by atoms with Crippen molar-refractivity contribution in [2.24, 2.45) is 0 Å². The van der Waals surface area contributed by atoms with E-state index in [0.717, 1.165) is 11.2 Å². The van der Waals surface area contributed by atoms with Crippen molar-refractivity contribution in [1.29, 1.82) is 0 Å². The second kappa shape index (κ2) is 8.71. The number of carbonyl (C=O) groups is 1. The number of hydrogen-bond acceptors (Lipinski definition) is 4. The Bertz CT molecular complexity index is 1280. The van der Waals surface area contributed by atoms with Crippen molar-refractivity contribution in [2.75, 3.05) is 0 Å². The summed E-state index contributed by atoms with van der Waals surface area (Å²) in [4.78, 5) is 17.1. The Labute approximate surface area is 180 Å². The van der Waals surface area contributed by atoms with Gasteiger partial charge in [-0.05, 0) is 42.8 Å². The Balaban J connectivity index is 1.45. The fourth-order valence-corrected chi connectivity index (χ4v) is 4.54. The predicted molar refractivity (Wildman–Crippen MR) is 118 cm³/mol. The van der Waals surface area contributed by atoms with Crippen LogP contribution < -0.4 is 10.0 Å². The van der Waals surface area contributed by atoms with Gasteiger partial charge in [0.15, 0.2) is 0 Å². The van der Waals surface area contributed by atoms with E-state index in [2.05, 4.69) is 15.0 Å². The Kier molecular flexibility index (Phi) is 5.83. The summed E-state index contributed by atoms with van der Waals surface area (Å²) in [5.74, 6) is -0.370. The molecule has 7 nitrogen and oxygen atoms in total. The van der Waals surface area contributed by atoms with E-state index in [1.165, 1.54) is 12.1 Å². The Hall–Kier alpha value is -3.49. The third-order valence-corrected chi connectivity index (χ3v) is 6.42. The third-order valence-electron chi connectivity index (χ3n) is 4.88. The minimum atomic E-state index is -3.79.